The quantitative estimate of drug-likeness (QED) is 0.505. The van der Waals surface area contributed by atoms with Crippen molar-refractivity contribution in [2.45, 2.75) is 39.2 Å². The number of unbranched alkanes of at least 4 members (excludes halogenated alkanes) is 1. The van der Waals surface area contributed by atoms with Crippen LogP contribution < -0.4 is 4.74 Å². The standard InChI is InChI=1S/C22H24F2N2O3/c1-2-3-6-15(13-27)11-20(28)19-12-25-22-21(9-5-10-26(19)22)29-14-16-17(23)7-4-8-18(16)24/h4-5,7-10,12,15,27H,2-3,6,11,13-14H2,1H3/t15-/m0/s1. The molecule has 3 rings (SSSR count). The van der Waals surface area contributed by atoms with E-state index in [4.69, 9.17) is 4.74 Å². The Bertz CT molecular complexity index is 967. The van der Waals surface area contributed by atoms with Gasteiger partial charge in [0.2, 0.25) is 0 Å². The van der Waals surface area contributed by atoms with E-state index in [1.807, 2.05) is 0 Å². The molecule has 1 atom stereocenters. The summed E-state index contributed by atoms with van der Waals surface area (Å²) in [6.45, 7) is 1.73. The van der Waals surface area contributed by atoms with Crippen LogP contribution in [0.5, 0.6) is 5.75 Å². The van der Waals surface area contributed by atoms with Crippen molar-refractivity contribution in [3.05, 3.63) is 65.6 Å². The number of aliphatic hydroxyl groups excluding tert-OH is 1. The Morgan fingerprint density at radius 3 is 2.69 bits per heavy atom. The number of carbonyl (C=O) groups is 1. The Hall–Kier alpha value is -2.80. The number of pyridine rings is 1. The van der Waals surface area contributed by atoms with Gasteiger partial charge in [0, 0.05) is 19.2 Å². The molecule has 1 aromatic carbocycles. The first-order valence-corrected chi connectivity index (χ1v) is 9.71. The van der Waals surface area contributed by atoms with Crippen LogP contribution in [0.3, 0.4) is 0 Å². The van der Waals surface area contributed by atoms with E-state index < -0.39 is 11.6 Å². The number of benzene rings is 1. The van der Waals surface area contributed by atoms with Crippen molar-refractivity contribution < 1.29 is 23.4 Å². The van der Waals surface area contributed by atoms with Crippen LogP contribution in [0.25, 0.3) is 5.65 Å². The fourth-order valence-electron chi connectivity index (χ4n) is 3.24. The highest BCUT2D eigenvalue weighted by molar-refractivity contribution is 5.95. The molecule has 154 valence electrons. The van der Waals surface area contributed by atoms with Gasteiger partial charge in [-0.3, -0.25) is 9.20 Å². The monoisotopic (exact) mass is 402 g/mol. The molecule has 2 heterocycles. The summed E-state index contributed by atoms with van der Waals surface area (Å²) in [5.74, 6) is -1.25. The molecule has 5 nitrogen and oxygen atoms in total. The van der Waals surface area contributed by atoms with Gasteiger partial charge in [0.15, 0.2) is 17.2 Å². The first kappa shape index (κ1) is 20.9. The molecule has 0 aliphatic carbocycles. The Morgan fingerprint density at radius 1 is 1.24 bits per heavy atom. The molecule has 0 aliphatic rings. The van der Waals surface area contributed by atoms with Crippen LogP contribution in [0.15, 0.2) is 42.7 Å². The van der Waals surface area contributed by atoms with E-state index in [0.717, 1.165) is 19.3 Å². The van der Waals surface area contributed by atoms with Crippen molar-refractivity contribution >= 4 is 11.4 Å². The molecule has 7 heteroatoms. The van der Waals surface area contributed by atoms with E-state index >= 15 is 0 Å². The van der Waals surface area contributed by atoms with Crippen LogP contribution in [0.2, 0.25) is 0 Å². The second kappa shape index (κ2) is 9.60. The van der Waals surface area contributed by atoms with E-state index in [-0.39, 0.29) is 36.9 Å². The number of Topliss-reactive ketones (excluding diaryl/α,β-unsaturated/α-hetero) is 1. The Balaban J connectivity index is 1.79. The largest absolute Gasteiger partial charge is 0.485 e. The number of hydrogen-bond acceptors (Lipinski definition) is 4. The second-order valence-corrected chi connectivity index (χ2v) is 7.02. The molecule has 0 aliphatic heterocycles. The molecular formula is C22H24F2N2O3. The zero-order chi connectivity index (χ0) is 20.8. The van der Waals surface area contributed by atoms with Gasteiger partial charge in [-0.05, 0) is 36.6 Å². The van der Waals surface area contributed by atoms with Gasteiger partial charge in [0.05, 0.1) is 11.8 Å². The minimum atomic E-state index is -0.682. The van der Waals surface area contributed by atoms with Crippen LogP contribution in [-0.4, -0.2) is 26.9 Å². The summed E-state index contributed by atoms with van der Waals surface area (Å²) in [6, 6.07) is 6.95. The van der Waals surface area contributed by atoms with Crippen LogP contribution in [0.1, 0.15) is 48.7 Å². The minimum Gasteiger partial charge on any atom is -0.485 e. The highest BCUT2D eigenvalue weighted by Crippen LogP contribution is 2.24. The summed E-state index contributed by atoms with van der Waals surface area (Å²) in [5.41, 5.74) is 0.609. The third kappa shape index (κ3) is 4.79. The summed E-state index contributed by atoms with van der Waals surface area (Å²) in [6.07, 6.45) is 6.13. The predicted molar refractivity (Wildman–Crippen MR) is 105 cm³/mol. The number of nitrogens with zero attached hydrogens (tertiary/aromatic N) is 2. The lowest BCUT2D eigenvalue weighted by atomic mass is 9.96. The van der Waals surface area contributed by atoms with E-state index in [1.54, 1.807) is 22.7 Å². The topological polar surface area (TPSA) is 63.8 Å². The lowest BCUT2D eigenvalue weighted by Crippen LogP contribution is -2.14. The van der Waals surface area contributed by atoms with Crippen molar-refractivity contribution in [2.75, 3.05) is 6.61 Å². The molecule has 0 amide bonds. The van der Waals surface area contributed by atoms with Crippen LogP contribution in [0.4, 0.5) is 8.78 Å². The fourth-order valence-corrected chi connectivity index (χ4v) is 3.24. The van der Waals surface area contributed by atoms with Crippen LogP contribution in [-0.2, 0) is 6.61 Å². The van der Waals surface area contributed by atoms with Gasteiger partial charge in [-0.25, -0.2) is 13.8 Å². The number of ether oxygens (including phenoxy) is 1. The van der Waals surface area contributed by atoms with E-state index in [2.05, 4.69) is 11.9 Å². The molecule has 2 aromatic heterocycles. The fraction of sp³-hybridized carbons (Fsp3) is 0.364. The Labute approximate surface area is 168 Å². The highest BCUT2D eigenvalue weighted by atomic mass is 19.1. The maximum Gasteiger partial charge on any atom is 0.181 e. The van der Waals surface area contributed by atoms with Crippen molar-refractivity contribution in [1.82, 2.24) is 9.38 Å². The zero-order valence-corrected chi connectivity index (χ0v) is 16.3. The number of hydrogen-bond donors (Lipinski definition) is 1. The number of ketones is 1. The predicted octanol–water partition coefficient (Wildman–Crippen LogP) is 4.56. The smallest absolute Gasteiger partial charge is 0.181 e. The molecule has 0 radical (unpaired) electrons. The maximum absolute atomic E-state index is 13.8. The first-order valence-electron chi connectivity index (χ1n) is 9.71. The molecule has 0 bridgehead atoms. The third-order valence-electron chi connectivity index (χ3n) is 4.92. The maximum atomic E-state index is 13.8. The molecule has 0 saturated carbocycles. The molecule has 3 aromatic rings. The summed E-state index contributed by atoms with van der Waals surface area (Å²) in [4.78, 5) is 17.0. The molecule has 0 unspecified atom stereocenters. The number of aromatic nitrogens is 2. The van der Waals surface area contributed by atoms with Gasteiger partial charge in [-0.15, -0.1) is 0 Å². The van der Waals surface area contributed by atoms with Gasteiger partial charge in [-0.2, -0.15) is 0 Å². The molecule has 0 fully saturated rings. The van der Waals surface area contributed by atoms with Crippen LogP contribution in [0, 0.1) is 17.6 Å². The van der Waals surface area contributed by atoms with Crippen molar-refractivity contribution in [2.24, 2.45) is 5.92 Å². The SMILES string of the molecule is CCCC[C@H](CO)CC(=O)c1cnc2c(OCc3c(F)cccc3F)cccn12. The lowest BCUT2D eigenvalue weighted by Gasteiger charge is -2.13. The van der Waals surface area contributed by atoms with Crippen molar-refractivity contribution in [3.63, 3.8) is 0 Å². The van der Waals surface area contributed by atoms with Gasteiger partial charge < -0.3 is 9.84 Å². The number of halogens is 2. The van der Waals surface area contributed by atoms with Gasteiger partial charge in [0.25, 0.3) is 0 Å². The van der Waals surface area contributed by atoms with E-state index in [1.165, 1.54) is 24.4 Å². The summed E-state index contributed by atoms with van der Waals surface area (Å²) in [5, 5.41) is 9.52. The lowest BCUT2D eigenvalue weighted by molar-refractivity contribution is 0.0924. The van der Waals surface area contributed by atoms with E-state index in [0.29, 0.717) is 17.1 Å². The minimum absolute atomic E-state index is 0.0367. The average molecular weight is 402 g/mol. The molecule has 0 saturated heterocycles. The number of carbonyl (C=O) groups excluding carboxylic acids is 1. The summed E-state index contributed by atoms with van der Waals surface area (Å²) >= 11 is 0. The first-order chi connectivity index (χ1) is 14.0. The zero-order valence-electron chi connectivity index (χ0n) is 16.3. The number of aliphatic hydroxyl groups is 1. The summed E-state index contributed by atoms with van der Waals surface area (Å²) < 4.78 is 34.8. The highest BCUT2D eigenvalue weighted by Gasteiger charge is 2.19. The molecule has 1 N–H and O–H groups in total. The molecular weight excluding hydrogens is 378 g/mol. The second-order valence-electron chi connectivity index (χ2n) is 7.02. The normalized spacial score (nSPS) is 12.3. The summed E-state index contributed by atoms with van der Waals surface area (Å²) in [7, 11) is 0. The molecule has 0 spiro atoms. The van der Waals surface area contributed by atoms with Gasteiger partial charge in [0.1, 0.15) is 23.9 Å². The number of fused-ring (bicyclic) bond motifs is 1. The molecule has 29 heavy (non-hydrogen) atoms. The van der Waals surface area contributed by atoms with Crippen LogP contribution >= 0.6 is 0 Å². The Kier molecular flexibility index (Phi) is 6.93. The third-order valence-corrected chi connectivity index (χ3v) is 4.92. The van der Waals surface area contributed by atoms with Gasteiger partial charge >= 0.3 is 0 Å². The van der Waals surface area contributed by atoms with E-state index in [9.17, 15) is 18.7 Å². The van der Waals surface area contributed by atoms with Crippen molar-refractivity contribution in [1.29, 1.82) is 0 Å². The average Bonchev–Trinajstić information content (AvgIpc) is 3.15. The number of rotatable bonds is 10. The Morgan fingerprint density at radius 2 is 2.00 bits per heavy atom. The van der Waals surface area contributed by atoms with Gasteiger partial charge in [-0.1, -0.05) is 25.8 Å². The van der Waals surface area contributed by atoms with Crippen molar-refractivity contribution in [3.8, 4) is 5.75 Å². The number of imidazole rings is 1.